The minimum Gasteiger partial charge on any atom is -0.462 e. The summed E-state index contributed by atoms with van der Waals surface area (Å²) >= 11 is 0. The van der Waals surface area contributed by atoms with Gasteiger partial charge in [0, 0.05) is 19.3 Å². The number of hydrogen-bond acceptors (Lipinski definition) is 21. The van der Waals surface area contributed by atoms with Crippen LogP contribution < -0.4 is 10.6 Å². The Morgan fingerprint density at radius 1 is 0.388 bits per heavy atom. The van der Waals surface area contributed by atoms with Crippen LogP contribution in [-0.4, -0.2) is 119 Å². The number of carbonyl (C=O) groups excluding carboxylic acids is 6. The molecule has 0 aliphatic carbocycles. The lowest BCUT2D eigenvalue weighted by atomic mass is 9.95. The molecule has 5 rings (SSSR count). The lowest BCUT2D eigenvalue weighted by molar-refractivity contribution is -0.272. The molecule has 4 aromatic rings. The van der Waals surface area contributed by atoms with Gasteiger partial charge >= 0.3 is 39.5 Å². The molecule has 730 valence electrons. The first-order chi connectivity index (χ1) is 62.3. The summed E-state index contributed by atoms with van der Waals surface area (Å²) in [6.45, 7) is 20.5. The quantitative estimate of drug-likeness (QED) is 0.0137. The number of carbonyl (C=O) groups is 6. The van der Waals surface area contributed by atoms with Crippen molar-refractivity contribution in [2.45, 2.75) is 451 Å². The molecule has 0 radical (unpaired) electrons. The standard InChI is InChI=1S/C103H168N2O21P2Si/c1-12-18-24-27-30-33-36-39-57-68-89(121-95(108)71-46-21-15-4)74-93(106)104-88(82-119-127(112,115-77-84-60-49-42-50-61-84)116-78-85-62-51-43-52-63-85)81-114-102-99(105-94(107)75-90(122-96(109)72-47-22-16-5)69-58-40-37-34-31-28-25-19-13-2)101(125-98(111)76-91(123-97(110)73-48-23-17-6)70-59-41-38-35-32-29-26-20-14-3)100(92(124-102)83-120-129(10,11)103(7,8)9)126-128(113,117-79-86-64-53-44-54-65-86)118-80-87-66-55-45-56-67-87/h42-45,49-56,60-67,88-92,99-102H,12-41,46-48,57-59,68-83H2,1-11H3,(H,104,106)(H,105,107)/t88-,89-,90-,91-,92-,99-,100-,101-,102-/m1/s1. The van der Waals surface area contributed by atoms with Crippen molar-refractivity contribution in [1.29, 1.82) is 0 Å². The summed E-state index contributed by atoms with van der Waals surface area (Å²) in [6, 6.07) is 33.3. The van der Waals surface area contributed by atoms with E-state index in [1.807, 2.05) is 99.7 Å². The van der Waals surface area contributed by atoms with Crippen molar-refractivity contribution in [2.24, 2.45) is 0 Å². The lowest BCUT2D eigenvalue weighted by Crippen LogP contribution is -2.67. The van der Waals surface area contributed by atoms with E-state index in [0.29, 0.717) is 80.0 Å². The molecular formula is C103H168N2O21P2Si. The first-order valence-corrected chi connectivity index (χ1v) is 55.7. The molecule has 2 amide bonds. The molecule has 9 atom stereocenters. The normalized spacial score (nSPS) is 16.5. The van der Waals surface area contributed by atoms with Crippen molar-refractivity contribution >= 4 is 59.7 Å². The molecule has 0 bridgehead atoms. The average Bonchev–Trinajstić information content (AvgIpc) is 0.767. The molecule has 26 heteroatoms. The minimum atomic E-state index is -5.00. The van der Waals surface area contributed by atoms with Gasteiger partial charge in [0.25, 0.3) is 0 Å². The second kappa shape index (κ2) is 68.1. The maximum atomic E-state index is 16.4. The number of phosphoric acid groups is 2. The molecule has 1 heterocycles. The molecule has 0 saturated carbocycles. The van der Waals surface area contributed by atoms with E-state index in [1.54, 1.807) is 48.5 Å². The van der Waals surface area contributed by atoms with Gasteiger partial charge < -0.3 is 43.5 Å². The Labute approximate surface area is 778 Å². The van der Waals surface area contributed by atoms with Gasteiger partial charge in [-0.2, -0.15) is 0 Å². The predicted molar refractivity (Wildman–Crippen MR) is 514 cm³/mol. The molecule has 0 unspecified atom stereocenters. The second-order valence-electron chi connectivity index (χ2n) is 36.7. The van der Waals surface area contributed by atoms with Crippen molar-refractivity contribution < 1.29 is 97.9 Å². The third-order valence-corrected chi connectivity index (χ3v) is 31.3. The van der Waals surface area contributed by atoms with E-state index in [0.717, 1.165) is 148 Å². The third-order valence-electron chi connectivity index (χ3n) is 24.1. The van der Waals surface area contributed by atoms with Gasteiger partial charge in [-0.3, -0.25) is 55.9 Å². The fourth-order valence-electron chi connectivity index (χ4n) is 15.2. The molecule has 1 fully saturated rings. The Hall–Kier alpha value is -5.98. The van der Waals surface area contributed by atoms with Crippen molar-refractivity contribution in [3.63, 3.8) is 0 Å². The molecule has 1 aliphatic rings. The van der Waals surface area contributed by atoms with Gasteiger partial charge in [0.2, 0.25) is 11.8 Å². The number of nitrogens with one attached hydrogen (secondary N) is 2. The van der Waals surface area contributed by atoms with Crippen LogP contribution in [0.15, 0.2) is 121 Å². The first-order valence-electron chi connectivity index (χ1n) is 49.9. The number of unbranched alkanes of at least 4 members (excludes halogenated alkanes) is 30. The highest BCUT2D eigenvalue weighted by Gasteiger charge is 2.55. The average molecular weight is 1860 g/mol. The first kappa shape index (κ1) is 114. The summed E-state index contributed by atoms with van der Waals surface area (Å²) in [5.41, 5.74) is 2.54. The van der Waals surface area contributed by atoms with Gasteiger partial charge in [0.15, 0.2) is 20.7 Å². The van der Waals surface area contributed by atoms with E-state index in [9.17, 15) is 14.4 Å². The molecule has 0 spiro atoms. The molecule has 1 aliphatic heterocycles. The van der Waals surface area contributed by atoms with Crippen molar-refractivity contribution in [3.8, 4) is 0 Å². The number of amides is 2. The monoisotopic (exact) mass is 1860 g/mol. The maximum absolute atomic E-state index is 16.4. The highest BCUT2D eigenvalue weighted by molar-refractivity contribution is 7.48. The van der Waals surface area contributed by atoms with Gasteiger partial charge in [-0.05, 0) is 98.2 Å². The van der Waals surface area contributed by atoms with Crippen molar-refractivity contribution in [1.82, 2.24) is 10.6 Å². The van der Waals surface area contributed by atoms with Gasteiger partial charge in [-0.1, -0.05) is 376 Å². The Balaban J connectivity index is 1.79. The minimum absolute atomic E-state index is 0.128. The lowest BCUT2D eigenvalue weighted by Gasteiger charge is -2.47. The topological polar surface area (TPSA) is 281 Å². The molecule has 0 aromatic heterocycles. The summed E-state index contributed by atoms with van der Waals surface area (Å²) in [4.78, 5) is 89.0. The van der Waals surface area contributed by atoms with Gasteiger partial charge in [0.05, 0.1) is 71.6 Å². The molecule has 1 saturated heterocycles. The molecule has 2 N–H and O–H groups in total. The van der Waals surface area contributed by atoms with Crippen LogP contribution in [0.1, 0.15) is 374 Å². The largest absolute Gasteiger partial charge is 0.475 e. The Morgan fingerprint density at radius 3 is 1.07 bits per heavy atom. The third kappa shape index (κ3) is 51.3. The van der Waals surface area contributed by atoms with Crippen molar-refractivity contribution in [3.05, 3.63) is 144 Å². The number of rotatable bonds is 77. The van der Waals surface area contributed by atoms with Gasteiger partial charge in [0.1, 0.15) is 36.6 Å². The fraction of sp³-hybridized carbons (Fsp3) is 0.709. The second-order valence-corrected chi connectivity index (χ2v) is 44.8. The van der Waals surface area contributed by atoms with Crippen molar-refractivity contribution in [2.75, 3.05) is 19.8 Å². The summed E-state index contributed by atoms with van der Waals surface area (Å²) < 4.78 is 118. The highest BCUT2D eigenvalue weighted by Crippen LogP contribution is 2.55. The maximum Gasteiger partial charge on any atom is 0.475 e. The van der Waals surface area contributed by atoms with E-state index in [1.165, 1.54) is 44.9 Å². The number of ether oxygens (including phenoxy) is 6. The number of hydrogen-bond donors (Lipinski definition) is 2. The zero-order valence-corrected chi connectivity index (χ0v) is 83.8. The smallest absolute Gasteiger partial charge is 0.462 e. The number of benzene rings is 4. The van der Waals surface area contributed by atoms with Crippen LogP contribution in [0, 0.1) is 0 Å². The zero-order chi connectivity index (χ0) is 93.5. The Bertz CT molecular complexity index is 3600. The molecule has 23 nitrogen and oxygen atoms in total. The summed E-state index contributed by atoms with van der Waals surface area (Å²) in [7, 11) is -12.5. The van der Waals surface area contributed by atoms with E-state index in [2.05, 4.69) is 59.1 Å². The van der Waals surface area contributed by atoms with Crippen LogP contribution in [0.3, 0.4) is 0 Å². The molecular weight excluding hydrogens is 1690 g/mol. The summed E-state index contributed by atoms with van der Waals surface area (Å²) in [5, 5.41) is 5.82. The Kier molecular flexibility index (Phi) is 59.9. The van der Waals surface area contributed by atoms with Crippen LogP contribution in [0.4, 0.5) is 0 Å². The van der Waals surface area contributed by atoms with Crippen LogP contribution in [0.5, 0.6) is 0 Å². The fourth-order valence-corrected chi connectivity index (χ4v) is 18.8. The number of esters is 4. The molecule has 129 heavy (non-hydrogen) atoms. The van der Waals surface area contributed by atoms with Crippen LogP contribution in [-0.2, 0) is 124 Å². The van der Waals surface area contributed by atoms with E-state index in [4.69, 9.17) is 60.0 Å². The summed E-state index contributed by atoms with van der Waals surface area (Å²) in [5.74, 6) is -3.50. The SMILES string of the molecule is CCCCCCCCCCC[C@H](CC(=O)N[C@H](CO[C@@H]1O[C@H](CO[Si](C)(C)C(C)(C)C)[C@@H](OP(=O)(OCc2ccccc2)OCc2ccccc2)[C@H](OC(=O)C[C@@H](CCCCCCCCCCC)OC(=O)CCCCC)[C@H]1NC(=O)C[C@@H](CCCCCCCCCCC)OC(=O)CCCCC)COP(=O)(OCc1ccccc1)OCc1ccccc1)OC(=O)CCCCC. The van der Waals surface area contributed by atoms with Crippen LogP contribution in [0.25, 0.3) is 0 Å². The predicted octanol–water partition coefficient (Wildman–Crippen LogP) is 26.5. The molecule has 4 aromatic carbocycles. The van der Waals surface area contributed by atoms with E-state index in [-0.39, 0.29) is 65.1 Å². The van der Waals surface area contributed by atoms with E-state index < -0.39 is 139 Å². The van der Waals surface area contributed by atoms with Crippen LogP contribution >= 0.6 is 15.6 Å². The van der Waals surface area contributed by atoms with Crippen LogP contribution in [0.2, 0.25) is 18.1 Å². The van der Waals surface area contributed by atoms with E-state index >= 15 is 23.5 Å². The zero-order valence-electron chi connectivity index (χ0n) is 81.0. The summed E-state index contributed by atoms with van der Waals surface area (Å²) in [6.07, 6.45) is 25.6. The number of phosphoric ester groups is 2. The highest BCUT2D eigenvalue weighted by atomic mass is 31.2. The van der Waals surface area contributed by atoms with Gasteiger partial charge in [-0.25, -0.2) is 9.13 Å². The van der Waals surface area contributed by atoms with Gasteiger partial charge in [-0.15, -0.1) is 0 Å². The Morgan fingerprint density at radius 2 is 0.713 bits per heavy atom.